The topological polar surface area (TPSA) is 58.2 Å². The summed E-state index contributed by atoms with van der Waals surface area (Å²) in [6.07, 6.45) is 0.695. The highest BCUT2D eigenvalue weighted by Gasteiger charge is 2.29. The first-order chi connectivity index (χ1) is 5.91. The number of hydrogen-bond acceptors (Lipinski definition) is 2. The van der Waals surface area contributed by atoms with Gasteiger partial charge in [0.1, 0.15) is 6.04 Å². The van der Waals surface area contributed by atoms with Gasteiger partial charge in [0.05, 0.1) is 0 Å². The summed E-state index contributed by atoms with van der Waals surface area (Å²) in [6, 6.07) is -0.327. The Morgan fingerprint density at radius 3 is 2.54 bits per heavy atom. The Kier molecular flexibility index (Phi) is 2.59. The van der Waals surface area contributed by atoms with Crippen molar-refractivity contribution in [1.29, 1.82) is 0 Å². The number of carbonyl (C=O) groups excluding carboxylic acids is 2. The zero-order valence-electron chi connectivity index (χ0n) is 8.31. The molecule has 2 amide bonds. The van der Waals surface area contributed by atoms with Crippen LogP contribution in [0.5, 0.6) is 0 Å². The number of amides is 2. The van der Waals surface area contributed by atoms with Gasteiger partial charge in [-0.3, -0.25) is 9.59 Å². The van der Waals surface area contributed by atoms with E-state index < -0.39 is 5.41 Å². The van der Waals surface area contributed by atoms with Crippen LogP contribution in [0.25, 0.3) is 0 Å². The molecule has 13 heavy (non-hydrogen) atoms. The molecule has 1 heterocycles. The zero-order chi connectivity index (χ0) is 10.1. The third-order valence-corrected chi connectivity index (χ3v) is 2.04. The predicted octanol–water partition coefficient (Wildman–Crippen LogP) is 0.0372. The molecule has 2 N–H and O–H groups in total. The van der Waals surface area contributed by atoms with Crippen LogP contribution in [0.2, 0.25) is 0 Å². The lowest BCUT2D eigenvalue weighted by Crippen LogP contribution is -2.45. The molecule has 0 bridgehead atoms. The van der Waals surface area contributed by atoms with Gasteiger partial charge in [-0.05, 0) is 6.42 Å². The van der Waals surface area contributed by atoms with Gasteiger partial charge in [0.2, 0.25) is 11.8 Å². The van der Waals surface area contributed by atoms with Gasteiger partial charge in [0.15, 0.2) is 0 Å². The van der Waals surface area contributed by atoms with Crippen molar-refractivity contribution in [3.05, 3.63) is 0 Å². The highest BCUT2D eigenvalue weighted by Crippen LogP contribution is 2.13. The largest absolute Gasteiger partial charge is 0.354 e. The van der Waals surface area contributed by atoms with Crippen LogP contribution in [0.3, 0.4) is 0 Å². The van der Waals surface area contributed by atoms with Gasteiger partial charge in [-0.15, -0.1) is 0 Å². The van der Waals surface area contributed by atoms with E-state index in [0.717, 1.165) is 0 Å². The summed E-state index contributed by atoms with van der Waals surface area (Å²) in [7, 11) is 0. The summed E-state index contributed by atoms with van der Waals surface area (Å²) in [5.74, 6) is -0.146. The second-order valence-electron chi connectivity index (χ2n) is 4.36. The van der Waals surface area contributed by atoms with Crippen molar-refractivity contribution in [2.24, 2.45) is 5.41 Å². The molecule has 0 saturated carbocycles. The molecular formula is C9H16N2O2. The van der Waals surface area contributed by atoms with Gasteiger partial charge in [-0.2, -0.15) is 0 Å². The minimum Gasteiger partial charge on any atom is -0.354 e. The minimum atomic E-state index is -0.428. The van der Waals surface area contributed by atoms with Crippen LogP contribution < -0.4 is 10.6 Å². The fourth-order valence-corrected chi connectivity index (χ4v) is 1.11. The average molecular weight is 184 g/mol. The maximum atomic E-state index is 11.5. The van der Waals surface area contributed by atoms with Gasteiger partial charge in [-0.1, -0.05) is 20.8 Å². The van der Waals surface area contributed by atoms with E-state index in [0.29, 0.717) is 13.0 Å². The van der Waals surface area contributed by atoms with E-state index in [1.54, 1.807) is 0 Å². The Morgan fingerprint density at radius 1 is 1.54 bits per heavy atom. The van der Waals surface area contributed by atoms with Crippen LogP contribution in [0.15, 0.2) is 0 Å². The Bertz CT molecular complexity index is 230. The Balaban J connectivity index is 2.49. The second kappa shape index (κ2) is 3.36. The van der Waals surface area contributed by atoms with Gasteiger partial charge in [0, 0.05) is 12.0 Å². The molecule has 4 heteroatoms. The molecule has 0 radical (unpaired) electrons. The first kappa shape index (κ1) is 10.0. The molecule has 74 valence electrons. The molecule has 4 nitrogen and oxygen atoms in total. The predicted molar refractivity (Wildman–Crippen MR) is 49.0 cm³/mol. The standard InChI is InChI=1S/C9H16N2O2/c1-9(2,3)8(13)11-6-4-5-10-7(6)12/h6H,4-5H2,1-3H3,(H,10,12)(H,11,13)/t6-/m1/s1. The molecule has 0 spiro atoms. The van der Waals surface area contributed by atoms with Gasteiger partial charge in [0.25, 0.3) is 0 Å². The third kappa shape index (κ3) is 2.44. The van der Waals surface area contributed by atoms with Crippen LogP contribution >= 0.6 is 0 Å². The second-order valence-corrected chi connectivity index (χ2v) is 4.36. The van der Waals surface area contributed by atoms with E-state index in [2.05, 4.69) is 10.6 Å². The smallest absolute Gasteiger partial charge is 0.242 e. The normalized spacial score (nSPS) is 22.7. The summed E-state index contributed by atoms with van der Waals surface area (Å²) in [4.78, 5) is 22.6. The zero-order valence-corrected chi connectivity index (χ0v) is 8.31. The number of carbonyl (C=O) groups is 2. The minimum absolute atomic E-state index is 0.0717. The Morgan fingerprint density at radius 2 is 2.15 bits per heavy atom. The van der Waals surface area contributed by atoms with E-state index in [9.17, 15) is 9.59 Å². The van der Waals surface area contributed by atoms with Crippen molar-refractivity contribution in [2.45, 2.75) is 33.2 Å². The fraction of sp³-hybridized carbons (Fsp3) is 0.778. The third-order valence-electron chi connectivity index (χ3n) is 2.04. The summed E-state index contributed by atoms with van der Waals surface area (Å²) in [6.45, 7) is 6.15. The number of nitrogens with one attached hydrogen (secondary N) is 2. The Labute approximate surface area is 78.1 Å². The average Bonchev–Trinajstić information content (AvgIpc) is 2.34. The lowest BCUT2D eigenvalue weighted by Gasteiger charge is -2.19. The maximum Gasteiger partial charge on any atom is 0.242 e. The number of rotatable bonds is 1. The van der Waals surface area contributed by atoms with E-state index in [4.69, 9.17) is 0 Å². The van der Waals surface area contributed by atoms with Crippen molar-refractivity contribution in [2.75, 3.05) is 6.54 Å². The fourth-order valence-electron chi connectivity index (χ4n) is 1.11. The molecule has 0 aromatic carbocycles. The first-order valence-corrected chi connectivity index (χ1v) is 4.50. The highest BCUT2D eigenvalue weighted by molar-refractivity contribution is 5.90. The molecule has 0 unspecified atom stereocenters. The van der Waals surface area contributed by atoms with Crippen molar-refractivity contribution in [3.63, 3.8) is 0 Å². The molecule has 1 atom stereocenters. The summed E-state index contributed by atoms with van der Waals surface area (Å²) >= 11 is 0. The molecule has 1 aliphatic rings. The number of hydrogen-bond donors (Lipinski definition) is 2. The lowest BCUT2D eigenvalue weighted by molar-refractivity contribution is -0.132. The van der Waals surface area contributed by atoms with Crippen LogP contribution in [0.1, 0.15) is 27.2 Å². The monoisotopic (exact) mass is 184 g/mol. The van der Waals surface area contributed by atoms with Crippen molar-refractivity contribution in [1.82, 2.24) is 10.6 Å². The molecule has 1 rings (SSSR count). The Hall–Kier alpha value is -1.06. The molecule has 1 fully saturated rings. The van der Waals surface area contributed by atoms with E-state index >= 15 is 0 Å². The SMILES string of the molecule is CC(C)(C)C(=O)N[C@@H]1CCNC1=O. The van der Waals surface area contributed by atoms with Gasteiger partial charge >= 0.3 is 0 Å². The molecule has 0 aromatic rings. The van der Waals surface area contributed by atoms with E-state index in [1.165, 1.54) is 0 Å². The molecule has 0 aliphatic carbocycles. The highest BCUT2D eigenvalue weighted by atomic mass is 16.2. The quantitative estimate of drug-likeness (QED) is 0.604. The van der Waals surface area contributed by atoms with Crippen LogP contribution in [0, 0.1) is 5.41 Å². The summed E-state index contributed by atoms with van der Waals surface area (Å²) in [5.41, 5.74) is -0.428. The summed E-state index contributed by atoms with van der Waals surface area (Å²) in [5, 5.41) is 5.39. The van der Waals surface area contributed by atoms with E-state index in [1.807, 2.05) is 20.8 Å². The van der Waals surface area contributed by atoms with Crippen LogP contribution in [-0.2, 0) is 9.59 Å². The molecule has 1 saturated heterocycles. The van der Waals surface area contributed by atoms with Crippen LogP contribution in [-0.4, -0.2) is 24.4 Å². The van der Waals surface area contributed by atoms with Crippen molar-refractivity contribution in [3.8, 4) is 0 Å². The van der Waals surface area contributed by atoms with Gasteiger partial charge in [-0.25, -0.2) is 0 Å². The molecular weight excluding hydrogens is 168 g/mol. The summed E-state index contributed by atoms with van der Waals surface area (Å²) < 4.78 is 0. The molecule has 1 aliphatic heterocycles. The van der Waals surface area contributed by atoms with Crippen molar-refractivity contribution >= 4 is 11.8 Å². The van der Waals surface area contributed by atoms with Crippen LogP contribution in [0.4, 0.5) is 0 Å². The van der Waals surface area contributed by atoms with E-state index in [-0.39, 0.29) is 17.9 Å². The lowest BCUT2D eigenvalue weighted by atomic mass is 9.95. The molecule has 0 aromatic heterocycles. The van der Waals surface area contributed by atoms with Crippen molar-refractivity contribution < 1.29 is 9.59 Å². The van der Waals surface area contributed by atoms with Gasteiger partial charge < -0.3 is 10.6 Å². The first-order valence-electron chi connectivity index (χ1n) is 4.50. The maximum absolute atomic E-state index is 11.5.